The van der Waals surface area contributed by atoms with E-state index in [-0.39, 0.29) is 36.1 Å². The van der Waals surface area contributed by atoms with Gasteiger partial charge in [0.1, 0.15) is 18.5 Å². The minimum Gasteiger partial charge on any atom is -0.491 e. The third-order valence-corrected chi connectivity index (χ3v) is 3.87. The summed E-state index contributed by atoms with van der Waals surface area (Å²) < 4.78 is 23.7. The van der Waals surface area contributed by atoms with Crippen molar-refractivity contribution in [3.8, 4) is 5.75 Å². The van der Waals surface area contributed by atoms with Crippen LogP contribution in [0.15, 0.2) is 18.2 Å². The highest BCUT2D eigenvalue weighted by atomic mass is 35.5. The quantitative estimate of drug-likeness (QED) is 0.809. The van der Waals surface area contributed by atoms with Crippen molar-refractivity contribution in [1.29, 1.82) is 0 Å². The minimum absolute atomic E-state index is 0.0214. The number of benzene rings is 1. The maximum atomic E-state index is 13.5. The van der Waals surface area contributed by atoms with E-state index >= 15 is 0 Å². The number of halogens is 2. The second kappa shape index (κ2) is 7.76. The molecule has 1 amide bonds. The highest BCUT2D eigenvalue weighted by molar-refractivity contribution is 6.34. The molecule has 1 fully saturated rings. The van der Waals surface area contributed by atoms with E-state index in [0.717, 1.165) is 0 Å². The van der Waals surface area contributed by atoms with Gasteiger partial charge in [0, 0.05) is 13.5 Å². The monoisotopic (exact) mass is 331 g/mol. The van der Waals surface area contributed by atoms with Crippen molar-refractivity contribution >= 4 is 17.5 Å². The van der Waals surface area contributed by atoms with Gasteiger partial charge in [-0.3, -0.25) is 4.79 Å². The van der Waals surface area contributed by atoms with Crippen LogP contribution in [0.4, 0.5) is 4.39 Å². The largest absolute Gasteiger partial charge is 0.491 e. The van der Waals surface area contributed by atoms with Gasteiger partial charge in [-0.25, -0.2) is 4.39 Å². The number of aliphatic hydroxyl groups is 1. The van der Waals surface area contributed by atoms with Gasteiger partial charge >= 0.3 is 0 Å². The number of methoxy groups -OCH3 is 1. The number of carbonyl (C=O) groups excluding carboxylic acids is 1. The van der Waals surface area contributed by atoms with Crippen LogP contribution in [0.2, 0.25) is 5.02 Å². The first-order valence-corrected chi connectivity index (χ1v) is 7.41. The number of rotatable bonds is 6. The van der Waals surface area contributed by atoms with E-state index in [9.17, 15) is 14.3 Å². The molecule has 1 aliphatic rings. The molecule has 1 N–H and O–H groups in total. The predicted molar refractivity (Wildman–Crippen MR) is 80.2 cm³/mol. The highest BCUT2D eigenvalue weighted by Gasteiger charge is 2.35. The molecule has 5 nitrogen and oxygen atoms in total. The number of ether oxygens (including phenoxy) is 2. The fourth-order valence-electron chi connectivity index (χ4n) is 2.44. The summed E-state index contributed by atoms with van der Waals surface area (Å²) in [4.78, 5) is 13.8. The third kappa shape index (κ3) is 3.88. The molecule has 1 aromatic carbocycles. The first-order chi connectivity index (χ1) is 10.6. The minimum atomic E-state index is -1.11. The Balaban J connectivity index is 2.10. The molecule has 1 saturated heterocycles. The summed E-state index contributed by atoms with van der Waals surface area (Å²) >= 11 is 6.13. The topological polar surface area (TPSA) is 59.0 Å². The van der Waals surface area contributed by atoms with Gasteiger partial charge in [-0.05, 0) is 18.2 Å². The van der Waals surface area contributed by atoms with Crippen molar-refractivity contribution in [2.45, 2.75) is 18.6 Å². The maximum Gasteiger partial charge on any atom is 0.255 e. The van der Waals surface area contributed by atoms with Crippen molar-refractivity contribution < 1.29 is 23.8 Å². The van der Waals surface area contributed by atoms with Gasteiger partial charge < -0.3 is 19.5 Å². The zero-order valence-electron chi connectivity index (χ0n) is 12.3. The van der Waals surface area contributed by atoms with Crippen molar-refractivity contribution in [2.24, 2.45) is 0 Å². The average molecular weight is 332 g/mol. The van der Waals surface area contributed by atoms with Crippen LogP contribution in [0, 0.1) is 0 Å². The Bertz CT molecular complexity index is 528. The lowest BCUT2D eigenvalue weighted by Crippen LogP contribution is -2.38. The molecular formula is C15H19ClFNO4. The molecule has 0 spiro atoms. The first-order valence-electron chi connectivity index (χ1n) is 7.04. The van der Waals surface area contributed by atoms with Crippen LogP contribution in [-0.2, 0) is 4.74 Å². The number of aliphatic hydroxyl groups excluding tert-OH is 1. The lowest BCUT2D eigenvalue weighted by Gasteiger charge is -2.23. The lowest BCUT2D eigenvalue weighted by molar-refractivity contribution is 0.0673. The van der Waals surface area contributed by atoms with Crippen LogP contribution in [0.1, 0.15) is 16.8 Å². The molecule has 7 heteroatoms. The first kappa shape index (κ1) is 17.0. The molecule has 2 atom stereocenters. The van der Waals surface area contributed by atoms with Crippen LogP contribution in [0.3, 0.4) is 0 Å². The maximum absolute atomic E-state index is 13.5. The van der Waals surface area contributed by atoms with E-state index in [4.69, 9.17) is 21.1 Å². The van der Waals surface area contributed by atoms with Gasteiger partial charge in [-0.15, -0.1) is 0 Å². The van der Waals surface area contributed by atoms with Gasteiger partial charge in [0.2, 0.25) is 0 Å². The van der Waals surface area contributed by atoms with Crippen LogP contribution >= 0.6 is 11.6 Å². The fraction of sp³-hybridized carbons (Fsp3) is 0.533. The lowest BCUT2D eigenvalue weighted by atomic mass is 10.1. The zero-order valence-corrected chi connectivity index (χ0v) is 13.1. The number of amides is 1. The number of alkyl halides is 1. The van der Waals surface area contributed by atoms with E-state index in [1.807, 2.05) is 0 Å². The summed E-state index contributed by atoms with van der Waals surface area (Å²) in [7, 11) is 1.57. The molecule has 122 valence electrons. The average Bonchev–Trinajstić information content (AvgIpc) is 2.88. The van der Waals surface area contributed by atoms with E-state index < -0.39 is 12.2 Å². The predicted octanol–water partition coefficient (Wildman–Crippen LogP) is 1.91. The second-order valence-corrected chi connectivity index (χ2v) is 5.52. The third-order valence-electron chi connectivity index (χ3n) is 3.56. The number of hydrogen-bond acceptors (Lipinski definition) is 4. The van der Waals surface area contributed by atoms with Gasteiger partial charge in [-0.2, -0.15) is 0 Å². The van der Waals surface area contributed by atoms with E-state index in [0.29, 0.717) is 19.0 Å². The summed E-state index contributed by atoms with van der Waals surface area (Å²) in [6, 6.07) is 4.22. The van der Waals surface area contributed by atoms with E-state index in [1.54, 1.807) is 25.3 Å². The van der Waals surface area contributed by atoms with Gasteiger partial charge in [0.15, 0.2) is 0 Å². The van der Waals surface area contributed by atoms with Crippen LogP contribution in [0.5, 0.6) is 5.75 Å². The van der Waals surface area contributed by atoms with E-state index in [1.165, 1.54) is 4.90 Å². The standard InChI is InChI=1S/C15H19ClFNO4/c1-21-4-5-22-12-2-3-13(14(16)7-12)15(20)18-8-10(17)6-11(18)9-19/h2-3,7,10-11,19H,4-6,8-9H2,1H3/t10-,11-/m0/s1. The molecule has 1 aromatic rings. The Morgan fingerprint density at radius 1 is 1.50 bits per heavy atom. The molecule has 2 rings (SSSR count). The van der Waals surface area contributed by atoms with Crippen molar-refractivity contribution in [2.75, 3.05) is 33.5 Å². The molecule has 22 heavy (non-hydrogen) atoms. The second-order valence-electron chi connectivity index (χ2n) is 5.11. The molecule has 0 aliphatic carbocycles. The van der Waals surface area contributed by atoms with Crippen LogP contribution in [0.25, 0.3) is 0 Å². The molecule has 1 aliphatic heterocycles. The normalized spacial score (nSPS) is 21.2. The summed E-state index contributed by atoms with van der Waals surface area (Å²) in [5, 5.41) is 9.49. The molecule has 0 saturated carbocycles. The molecule has 0 unspecified atom stereocenters. The number of hydrogen-bond donors (Lipinski definition) is 1. The molecule has 0 radical (unpaired) electrons. The Morgan fingerprint density at radius 3 is 2.91 bits per heavy atom. The summed E-state index contributed by atoms with van der Waals surface area (Å²) in [6.07, 6.45) is -0.963. The molecule has 0 aromatic heterocycles. The number of likely N-dealkylation sites (tertiary alicyclic amines) is 1. The Hall–Kier alpha value is -1.37. The van der Waals surface area contributed by atoms with Crippen molar-refractivity contribution in [3.63, 3.8) is 0 Å². The zero-order chi connectivity index (χ0) is 16.1. The van der Waals surface area contributed by atoms with Gasteiger partial charge in [-0.1, -0.05) is 11.6 Å². The van der Waals surface area contributed by atoms with Crippen LogP contribution in [-0.4, -0.2) is 61.6 Å². The summed E-state index contributed by atoms with van der Waals surface area (Å²) in [5.41, 5.74) is 0.272. The highest BCUT2D eigenvalue weighted by Crippen LogP contribution is 2.27. The molecular weight excluding hydrogens is 313 g/mol. The van der Waals surface area contributed by atoms with Gasteiger partial charge in [0.25, 0.3) is 5.91 Å². The van der Waals surface area contributed by atoms with Crippen LogP contribution < -0.4 is 4.74 Å². The summed E-state index contributed by atoms with van der Waals surface area (Å²) in [6.45, 7) is 0.541. The fourth-order valence-corrected chi connectivity index (χ4v) is 2.69. The SMILES string of the molecule is COCCOc1ccc(C(=O)N2C[C@@H](F)C[C@H]2CO)c(Cl)c1. The number of carbonyl (C=O) groups is 1. The van der Waals surface area contributed by atoms with Crippen molar-refractivity contribution in [1.82, 2.24) is 4.90 Å². The Labute approximate surface area is 133 Å². The molecule has 1 heterocycles. The van der Waals surface area contributed by atoms with Crippen molar-refractivity contribution in [3.05, 3.63) is 28.8 Å². The summed E-state index contributed by atoms with van der Waals surface area (Å²) in [5.74, 6) is 0.148. The molecule has 0 bridgehead atoms. The number of nitrogens with zero attached hydrogens (tertiary/aromatic N) is 1. The Kier molecular flexibility index (Phi) is 5.99. The van der Waals surface area contributed by atoms with Gasteiger partial charge in [0.05, 0.1) is 36.4 Å². The van der Waals surface area contributed by atoms with E-state index in [2.05, 4.69) is 0 Å². The smallest absolute Gasteiger partial charge is 0.255 e. The Morgan fingerprint density at radius 2 is 2.27 bits per heavy atom.